The van der Waals surface area contributed by atoms with Crippen LogP contribution in [0.2, 0.25) is 0 Å². The largest absolute Gasteiger partial charge is 0.335 e. The van der Waals surface area contributed by atoms with Crippen LogP contribution in [0.15, 0.2) is 41.3 Å². The van der Waals surface area contributed by atoms with Crippen molar-refractivity contribution in [3.63, 3.8) is 0 Å². The molecule has 15 heavy (non-hydrogen) atoms. The molecule has 1 amide bonds. The molecule has 78 valence electrons. The monoisotopic (exact) mass is 219 g/mol. The van der Waals surface area contributed by atoms with Crippen molar-refractivity contribution in [2.45, 2.75) is 11.3 Å². The minimum absolute atomic E-state index is 0.0928. The molecular formula is C12H13NOS. The second kappa shape index (κ2) is 4.53. The maximum Gasteiger partial charge on any atom is 0.254 e. The number of nitrogens with zero attached hydrogens (tertiary/aromatic N) is 1. The summed E-state index contributed by atoms with van der Waals surface area (Å²) in [5, 5.41) is 0. The Hall–Kier alpha value is -1.22. The summed E-state index contributed by atoms with van der Waals surface area (Å²) < 4.78 is 0. The van der Waals surface area contributed by atoms with Crippen LogP contribution >= 0.6 is 12.6 Å². The molecule has 0 spiro atoms. The molecule has 0 aliphatic carbocycles. The molecule has 1 aromatic carbocycles. The van der Waals surface area contributed by atoms with Gasteiger partial charge in [0, 0.05) is 23.5 Å². The van der Waals surface area contributed by atoms with E-state index in [4.69, 9.17) is 0 Å². The summed E-state index contributed by atoms with van der Waals surface area (Å²) >= 11 is 4.23. The summed E-state index contributed by atoms with van der Waals surface area (Å²) in [7, 11) is 0. The highest BCUT2D eigenvalue weighted by Crippen LogP contribution is 2.13. The van der Waals surface area contributed by atoms with Crippen molar-refractivity contribution < 1.29 is 4.79 Å². The zero-order chi connectivity index (χ0) is 10.7. The Morgan fingerprint density at radius 2 is 2.20 bits per heavy atom. The molecule has 1 aliphatic heterocycles. The molecule has 0 aromatic heterocycles. The Morgan fingerprint density at radius 3 is 2.87 bits per heavy atom. The highest BCUT2D eigenvalue weighted by atomic mass is 32.1. The van der Waals surface area contributed by atoms with Crippen LogP contribution in [0.4, 0.5) is 0 Å². The Balaban J connectivity index is 2.16. The molecule has 1 heterocycles. The number of carbonyl (C=O) groups excluding carboxylic acids is 1. The van der Waals surface area contributed by atoms with Crippen LogP contribution in [0, 0.1) is 0 Å². The molecule has 1 aromatic rings. The van der Waals surface area contributed by atoms with E-state index in [0.717, 1.165) is 30.0 Å². The summed E-state index contributed by atoms with van der Waals surface area (Å²) in [6, 6.07) is 7.37. The molecule has 0 unspecified atom stereocenters. The molecule has 0 atom stereocenters. The number of carbonyl (C=O) groups is 1. The summed E-state index contributed by atoms with van der Waals surface area (Å²) in [5.41, 5.74) is 0.720. The fourth-order valence-electron chi connectivity index (χ4n) is 1.65. The maximum atomic E-state index is 12.0. The minimum Gasteiger partial charge on any atom is -0.335 e. The number of rotatable bonds is 1. The minimum atomic E-state index is 0.0928. The Kier molecular flexibility index (Phi) is 3.11. The van der Waals surface area contributed by atoms with E-state index in [0.29, 0.717) is 0 Å². The summed E-state index contributed by atoms with van der Waals surface area (Å²) in [5.74, 6) is 0.0928. The smallest absolute Gasteiger partial charge is 0.254 e. The van der Waals surface area contributed by atoms with Gasteiger partial charge in [0.2, 0.25) is 0 Å². The van der Waals surface area contributed by atoms with Gasteiger partial charge in [0.1, 0.15) is 0 Å². The third kappa shape index (κ3) is 2.42. The highest BCUT2D eigenvalue weighted by molar-refractivity contribution is 7.80. The van der Waals surface area contributed by atoms with E-state index in [1.807, 2.05) is 35.2 Å². The van der Waals surface area contributed by atoms with E-state index in [1.54, 1.807) is 0 Å². The molecule has 0 bridgehead atoms. The summed E-state index contributed by atoms with van der Waals surface area (Å²) in [6.45, 7) is 1.53. The SMILES string of the molecule is O=C(c1cccc(S)c1)N1CC=CCC1. The zero-order valence-corrected chi connectivity index (χ0v) is 9.28. The average Bonchev–Trinajstić information content (AvgIpc) is 2.29. The topological polar surface area (TPSA) is 20.3 Å². The second-order valence-corrected chi connectivity index (χ2v) is 4.08. The molecule has 2 nitrogen and oxygen atoms in total. The molecule has 2 rings (SSSR count). The summed E-state index contributed by atoms with van der Waals surface area (Å²) in [6.07, 6.45) is 5.09. The number of hydrogen-bond donors (Lipinski definition) is 1. The van der Waals surface area contributed by atoms with Crippen LogP contribution in [-0.2, 0) is 0 Å². The standard InChI is InChI=1S/C12H13NOS/c14-12(13-7-2-1-3-8-13)10-5-4-6-11(15)9-10/h1-2,4-6,9,15H,3,7-8H2. The third-order valence-corrected chi connectivity index (χ3v) is 2.72. The molecule has 0 radical (unpaired) electrons. The Morgan fingerprint density at radius 1 is 1.33 bits per heavy atom. The normalized spacial score (nSPS) is 15.4. The van der Waals surface area contributed by atoms with Gasteiger partial charge >= 0.3 is 0 Å². The molecule has 0 saturated heterocycles. The first-order valence-corrected chi connectivity index (χ1v) is 5.45. The van der Waals surface area contributed by atoms with E-state index >= 15 is 0 Å². The first kappa shape index (κ1) is 10.3. The van der Waals surface area contributed by atoms with E-state index in [9.17, 15) is 4.79 Å². The number of thiol groups is 1. The number of hydrogen-bond acceptors (Lipinski definition) is 2. The third-order valence-electron chi connectivity index (χ3n) is 2.44. The van der Waals surface area contributed by atoms with Crippen molar-refractivity contribution >= 4 is 18.5 Å². The summed E-state index contributed by atoms with van der Waals surface area (Å²) in [4.78, 5) is 14.7. The van der Waals surface area contributed by atoms with Gasteiger partial charge in [0.15, 0.2) is 0 Å². The van der Waals surface area contributed by atoms with Gasteiger partial charge in [-0.1, -0.05) is 18.2 Å². The first-order valence-electron chi connectivity index (χ1n) is 5.00. The fraction of sp³-hybridized carbons (Fsp3) is 0.250. The van der Waals surface area contributed by atoms with Gasteiger partial charge in [0.25, 0.3) is 5.91 Å². The molecule has 1 aliphatic rings. The lowest BCUT2D eigenvalue weighted by atomic mass is 10.1. The van der Waals surface area contributed by atoms with Gasteiger partial charge in [-0.05, 0) is 24.6 Å². The van der Waals surface area contributed by atoms with Crippen molar-refractivity contribution in [2.24, 2.45) is 0 Å². The van der Waals surface area contributed by atoms with Crippen LogP contribution in [0.3, 0.4) is 0 Å². The number of amides is 1. The van der Waals surface area contributed by atoms with Crippen molar-refractivity contribution in [3.8, 4) is 0 Å². The van der Waals surface area contributed by atoms with E-state index in [1.165, 1.54) is 0 Å². The Labute approximate surface area is 95.0 Å². The quantitative estimate of drug-likeness (QED) is 0.568. The van der Waals surface area contributed by atoms with Crippen LogP contribution in [-0.4, -0.2) is 23.9 Å². The molecule has 3 heteroatoms. The van der Waals surface area contributed by atoms with Crippen LogP contribution < -0.4 is 0 Å². The number of benzene rings is 1. The Bertz CT molecular complexity index is 400. The van der Waals surface area contributed by atoms with Crippen molar-refractivity contribution in [2.75, 3.05) is 13.1 Å². The van der Waals surface area contributed by atoms with E-state index < -0.39 is 0 Å². The van der Waals surface area contributed by atoms with Gasteiger partial charge in [-0.2, -0.15) is 0 Å². The van der Waals surface area contributed by atoms with Gasteiger partial charge in [-0.15, -0.1) is 12.6 Å². The maximum absolute atomic E-state index is 12.0. The van der Waals surface area contributed by atoms with Gasteiger partial charge in [-0.3, -0.25) is 4.79 Å². The van der Waals surface area contributed by atoms with E-state index in [2.05, 4.69) is 18.7 Å². The first-order chi connectivity index (χ1) is 7.27. The molecular weight excluding hydrogens is 206 g/mol. The zero-order valence-electron chi connectivity index (χ0n) is 8.39. The van der Waals surface area contributed by atoms with E-state index in [-0.39, 0.29) is 5.91 Å². The van der Waals surface area contributed by atoms with Crippen LogP contribution in [0.1, 0.15) is 16.8 Å². The predicted octanol–water partition coefficient (Wildman–Crippen LogP) is 2.38. The molecule has 0 fully saturated rings. The highest BCUT2D eigenvalue weighted by Gasteiger charge is 2.15. The molecule has 0 saturated carbocycles. The van der Waals surface area contributed by atoms with Crippen molar-refractivity contribution in [1.82, 2.24) is 4.90 Å². The lowest BCUT2D eigenvalue weighted by Gasteiger charge is -2.23. The second-order valence-electron chi connectivity index (χ2n) is 3.56. The van der Waals surface area contributed by atoms with Crippen LogP contribution in [0.25, 0.3) is 0 Å². The van der Waals surface area contributed by atoms with Crippen molar-refractivity contribution in [3.05, 3.63) is 42.0 Å². The van der Waals surface area contributed by atoms with Crippen molar-refractivity contribution in [1.29, 1.82) is 0 Å². The van der Waals surface area contributed by atoms with Gasteiger partial charge in [0.05, 0.1) is 0 Å². The lowest BCUT2D eigenvalue weighted by Crippen LogP contribution is -2.33. The lowest BCUT2D eigenvalue weighted by molar-refractivity contribution is 0.0771. The van der Waals surface area contributed by atoms with Gasteiger partial charge in [-0.25, -0.2) is 0 Å². The fourth-order valence-corrected chi connectivity index (χ4v) is 1.87. The van der Waals surface area contributed by atoms with Crippen LogP contribution in [0.5, 0.6) is 0 Å². The molecule has 0 N–H and O–H groups in total. The predicted molar refractivity (Wildman–Crippen MR) is 63.4 cm³/mol. The van der Waals surface area contributed by atoms with Gasteiger partial charge < -0.3 is 4.90 Å². The average molecular weight is 219 g/mol.